The minimum atomic E-state index is -1.15. The number of fused-ring (bicyclic) bond motifs is 2. The molecule has 1 atom stereocenters. The third kappa shape index (κ3) is 5.22. The second kappa shape index (κ2) is 10.8. The first-order valence-corrected chi connectivity index (χ1v) is 12.7. The summed E-state index contributed by atoms with van der Waals surface area (Å²) in [4.78, 5) is 29.8. The van der Waals surface area contributed by atoms with Crippen molar-refractivity contribution in [2.24, 2.45) is 0 Å². The molecular formula is C29H31N5O6. The van der Waals surface area contributed by atoms with E-state index in [1.807, 2.05) is 45.0 Å². The number of amides is 2. The third-order valence-corrected chi connectivity index (χ3v) is 6.34. The Morgan fingerprint density at radius 3 is 2.55 bits per heavy atom. The van der Waals surface area contributed by atoms with Crippen LogP contribution >= 0.6 is 0 Å². The van der Waals surface area contributed by atoms with E-state index < -0.39 is 23.4 Å². The highest BCUT2D eigenvalue weighted by Gasteiger charge is 2.38. The molecule has 1 aliphatic rings. The molecule has 0 saturated carbocycles. The van der Waals surface area contributed by atoms with Crippen LogP contribution in [0.3, 0.4) is 0 Å². The maximum Gasteiger partial charge on any atom is 0.249 e. The van der Waals surface area contributed by atoms with E-state index in [0.29, 0.717) is 45.3 Å². The standard InChI is InChI=1S/C29H31N5O6/c1-29(2,3)30-28(36)26(19-9-8-12-23(37-4)27(19)38-5)34(18-13-14-22-24(15-18)40-17-39-22)25(35)16-33-21-11-7-6-10-20(21)31-32-33/h6-15,26H,16-17H2,1-5H3,(H,30,36)/t26-/m1/s1. The first-order chi connectivity index (χ1) is 19.2. The van der Waals surface area contributed by atoms with Gasteiger partial charge in [-0.2, -0.15) is 0 Å². The van der Waals surface area contributed by atoms with Crippen molar-refractivity contribution in [2.75, 3.05) is 25.9 Å². The zero-order valence-electron chi connectivity index (χ0n) is 23.0. The second-order valence-electron chi connectivity index (χ2n) is 10.3. The van der Waals surface area contributed by atoms with Crippen molar-refractivity contribution < 1.29 is 28.5 Å². The van der Waals surface area contributed by atoms with Gasteiger partial charge in [-0.3, -0.25) is 14.5 Å². The van der Waals surface area contributed by atoms with Crippen molar-refractivity contribution in [1.82, 2.24) is 20.3 Å². The quantitative estimate of drug-likeness (QED) is 0.355. The van der Waals surface area contributed by atoms with E-state index in [-0.39, 0.29) is 13.3 Å². The molecule has 5 rings (SSSR count). The van der Waals surface area contributed by atoms with E-state index >= 15 is 0 Å². The molecule has 2 heterocycles. The lowest BCUT2D eigenvalue weighted by Gasteiger charge is -2.34. The normalized spacial score (nSPS) is 13.1. The Balaban J connectivity index is 1.68. The zero-order valence-corrected chi connectivity index (χ0v) is 23.0. The summed E-state index contributed by atoms with van der Waals surface area (Å²) in [7, 11) is 3.01. The molecule has 0 aliphatic carbocycles. The number of methoxy groups -OCH3 is 2. The van der Waals surface area contributed by atoms with Crippen LogP contribution in [-0.2, 0) is 16.1 Å². The maximum atomic E-state index is 14.3. The summed E-state index contributed by atoms with van der Waals surface area (Å²) in [6.45, 7) is 5.51. The number of para-hydroxylation sites is 2. The van der Waals surface area contributed by atoms with Gasteiger partial charge in [0.05, 0.1) is 19.7 Å². The Bertz CT molecular complexity index is 1560. The van der Waals surface area contributed by atoms with E-state index in [1.165, 1.54) is 23.8 Å². The van der Waals surface area contributed by atoms with E-state index in [4.69, 9.17) is 18.9 Å². The molecule has 0 radical (unpaired) electrons. The minimum absolute atomic E-state index is 0.0648. The fourth-order valence-corrected chi connectivity index (χ4v) is 4.67. The highest BCUT2D eigenvalue weighted by atomic mass is 16.7. The average molecular weight is 546 g/mol. The van der Waals surface area contributed by atoms with Crippen molar-refractivity contribution in [1.29, 1.82) is 0 Å². The predicted molar refractivity (Wildman–Crippen MR) is 148 cm³/mol. The fraction of sp³-hybridized carbons (Fsp3) is 0.310. The number of anilines is 1. The van der Waals surface area contributed by atoms with Crippen molar-refractivity contribution >= 4 is 28.5 Å². The number of nitrogens with one attached hydrogen (secondary N) is 1. The number of hydrogen-bond acceptors (Lipinski definition) is 8. The SMILES string of the molecule is COc1cccc([C@H](C(=O)NC(C)(C)C)N(C(=O)Cn2nnc3ccccc32)c2ccc3c(c2)OCO3)c1OC. The van der Waals surface area contributed by atoms with Gasteiger partial charge >= 0.3 is 0 Å². The van der Waals surface area contributed by atoms with Crippen LogP contribution in [0.4, 0.5) is 5.69 Å². The Morgan fingerprint density at radius 2 is 1.80 bits per heavy atom. The summed E-state index contributed by atoms with van der Waals surface area (Å²) >= 11 is 0. The van der Waals surface area contributed by atoms with Gasteiger partial charge in [-0.05, 0) is 51.1 Å². The van der Waals surface area contributed by atoms with Gasteiger partial charge < -0.3 is 24.3 Å². The van der Waals surface area contributed by atoms with Crippen LogP contribution in [0.5, 0.6) is 23.0 Å². The van der Waals surface area contributed by atoms with Crippen LogP contribution in [-0.4, -0.2) is 53.4 Å². The van der Waals surface area contributed by atoms with Crippen LogP contribution < -0.4 is 29.2 Å². The molecule has 40 heavy (non-hydrogen) atoms. The molecule has 0 fully saturated rings. The molecule has 0 saturated heterocycles. The number of carbonyl (C=O) groups is 2. The van der Waals surface area contributed by atoms with E-state index in [9.17, 15) is 9.59 Å². The largest absolute Gasteiger partial charge is 0.493 e. The Hall–Kier alpha value is -4.80. The van der Waals surface area contributed by atoms with Crippen LogP contribution in [0, 0.1) is 0 Å². The summed E-state index contributed by atoms with van der Waals surface area (Å²) in [6.07, 6.45) is 0. The summed E-state index contributed by atoms with van der Waals surface area (Å²) in [5, 5.41) is 11.4. The van der Waals surface area contributed by atoms with Crippen LogP contribution in [0.25, 0.3) is 11.0 Å². The molecule has 0 spiro atoms. The lowest BCUT2D eigenvalue weighted by atomic mass is 9.99. The Morgan fingerprint density at radius 1 is 1.02 bits per heavy atom. The van der Waals surface area contributed by atoms with Crippen molar-refractivity contribution in [3.8, 4) is 23.0 Å². The Kier molecular flexibility index (Phi) is 7.20. The molecular weight excluding hydrogens is 514 g/mol. The number of ether oxygens (including phenoxy) is 4. The molecule has 2 amide bonds. The smallest absolute Gasteiger partial charge is 0.249 e. The van der Waals surface area contributed by atoms with Gasteiger partial charge in [0.2, 0.25) is 18.6 Å². The lowest BCUT2D eigenvalue weighted by molar-refractivity contribution is -0.128. The zero-order chi connectivity index (χ0) is 28.4. The monoisotopic (exact) mass is 545 g/mol. The van der Waals surface area contributed by atoms with Gasteiger partial charge in [0.1, 0.15) is 18.1 Å². The number of carbonyl (C=O) groups excluding carboxylic acids is 2. The molecule has 1 N–H and O–H groups in total. The van der Waals surface area contributed by atoms with Gasteiger partial charge in [0.15, 0.2) is 23.0 Å². The molecule has 4 aromatic rings. The molecule has 208 valence electrons. The highest BCUT2D eigenvalue weighted by molar-refractivity contribution is 6.02. The molecule has 0 unspecified atom stereocenters. The topological polar surface area (TPSA) is 117 Å². The fourth-order valence-electron chi connectivity index (χ4n) is 4.67. The number of benzene rings is 3. The molecule has 11 heteroatoms. The highest BCUT2D eigenvalue weighted by Crippen LogP contribution is 2.42. The lowest BCUT2D eigenvalue weighted by Crippen LogP contribution is -2.50. The summed E-state index contributed by atoms with van der Waals surface area (Å²) in [6, 6.07) is 16.5. The number of nitrogens with zero attached hydrogens (tertiary/aromatic N) is 4. The Labute approximate surface area is 231 Å². The van der Waals surface area contributed by atoms with Crippen molar-refractivity contribution in [2.45, 2.75) is 38.9 Å². The summed E-state index contributed by atoms with van der Waals surface area (Å²) in [5.41, 5.74) is 1.63. The van der Waals surface area contributed by atoms with E-state index in [0.717, 1.165) is 0 Å². The summed E-state index contributed by atoms with van der Waals surface area (Å²) in [5.74, 6) is 0.960. The van der Waals surface area contributed by atoms with Gasteiger partial charge in [-0.25, -0.2) is 4.68 Å². The third-order valence-electron chi connectivity index (χ3n) is 6.34. The van der Waals surface area contributed by atoms with E-state index in [1.54, 1.807) is 36.4 Å². The number of aromatic nitrogens is 3. The van der Waals surface area contributed by atoms with E-state index in [2.05, 4.69) is 15.6 Å². The van der Waals surface area contributed by atoms with Crippen LogP contribution in [0.2, 0.25) is 0 Å². The molecule has 3 aromatic carbocycles. The van der Waals surface area contributed by atoms with Crippen LogP contribution in [0.15, 0.2) is 60.7 Å². The number of rotatable bonds is 8. The second-order valence-corrected chi connectivity index (χ2v) is 10.3. The molecule has 1 aliphatic heterocycles. The van der Waals surface area contributed by atoms with Crippen LogP contribution in [0.1, 0.15) is 32.4 Å². The predicted octanol–water partition coefficient (Wildman–Crippen LogP) is 3.87. The van der Waals surface area contributed by atoms with Gasteiger partial charge in [-0.15, -0.1) is 5.10 Å². The van der Waals surface area contributed by atoms with Gasteiger partial charge in [0.25, 0.3) is 0 Å². The van der Waals surface area contributed by atoms with Gasteiger partial charge in [0, 0.05) is 22.9 Å². The average Bonchev–Trinajstić information content (AvgIpc) is 3.56. The van der Waals surface area contributed by atoms with Crippen molar-refractivity contribution in [3.63, 3.8) is 0 Å². The number of hydrogen-bond donors (Lipinski definition) is 1. The first-order valence-electron chi connectivity index (χ1n) is 12.7. The summed E-state index contributed by atoms with van der Waals surface area (Å²) < 4.78 is 23.9. The first kappa shape index (κ1) is 26.8. The van der Waals surface area contributed by atoms with Gasteiger partial charge in [-0.1, -0.05) is 29.5 Å². The molecule has 1 aromatic heterocycles. The van der Waals surface area contributed by atoms with Crippen molar-refractivity contribution in [3.05, 3.63) is 66.2 Å². The molecule has 11 nitrogen and oxygen atoms in total. The minimum Gasteiger partial charge on any atom is -0.493 e. The molecule has 0 bridgehead atoms. The maximum absolute atomic E-state index is 14.3.